The molecule has 0 saturated heterocycles. The smallest absolute Gasteiger partial charge is 0.153 e. The molecule has 0 spiro atoms. The second kappa shape index (κ2) is 5.34. The predicted octanol–water partition coefficient (Wildman–Crippen LogP) is 3.14. The Kier molecular flexibility index (Phi) is 3.82. The molecule has 1 aromatic heterocycles. The summed E-state index contributed by atoms with van der Waals surface area (Å²) in [5.41, 5.74) is 1.53. The van der Waals surface area contributed by atoms with Gasteiger partial charge >= 0.3 is 0 Å². The molecule has 4 heteroatoms. The Bertz CT molecular complexity index is 533. The largest absolute Gasteiger partial charge is 0.380 e. The van der Waals surface area contributed by atoms with E-state index in [0.717, 1.165) is 17.2 Å². The van der Waals surface area contributed by atoms with Gasteiger partial charge in [0.2, 0.25) is 0 Å². The molecule has 0 atom stereocenters. The normalized spacial score (nSPS) is 10.9. The van der Waals surface area contributed by atoms with E-state index in [-0.39, 0.29) is 0 Å². The van der Waals surface area contributed by atoms with Crippen molar-refractivity contribution < 1.29 is 9.53 Å². The number of fused-ring (bicyclic) bond motifs is 1. The fourth-order valence-corrected chi connectivity index (χ4v) is 2.25. The lowest BCUT2D eigenvalue weighted by Gasteiger charge is -2.06. The highest BCUT2D eigenvalue weighted by atomic mass is 35.5. The van der Waals surface area contributed by atoms with Crippen LogP contribution < -0.4 is 0 Å². The van der Waals surface area contributed by atoms with Gasteiger partial charge in [-0.2, -0.15) is 0 Å². The van der Waals surface area contributed by atoms with Crippen molar-refractivity contribution in [2.24, 2.45) is 0 Å². The zero-order chi connectivity index (χ0) is 12.3. The van der Waals surface area contributed by atoms with E-state index in [4.69, 9.17) is 16.3 Å². The van der Waals surface area contributed by atoms with Crippen LogP contribution in [0.4, 0.5) is 0 Å². The second-order valence-corrected chi connectivity index (χ2v) is 4.05. The van der Waals surface area contributed by atoms with Crippen LogP contribution >= 0.6 is 11.6 Å². The molecule has 0 saturated carbocycles. The molecule has 0 radical (unpaired) electrons. The lowest BCUT2D eigenvalue weighted by molar-refractivity contribution is 0.112. The number of carbonyl (C=O) groups excluding carboxylic acids is 1. The summed E-state index contributed by atoms with van der Waals surface area (Å²) in [5, 5.41) is 1.38. The molecule has 2 rings (SSSR count). The van der Waals surface area contributed by atoms with E-state index in [9.17, 15) is 4.79 Å². The van der Waals surface area contributed by atoms with Gasteiger partial charge in [0.05, 0.1) is 12.2 Å². The standard InChI is InChI=1S/C13H14ClNO2/c1-2-17-8-7-15-12-6-4-3-5-10(12)11(9-16)13(15)14/h3-6,9H,2,7-8H2,1H3. The van der Waals surface area contributed by atoms with Crippen LogP contribution in [-0.2, 0) is 11.3 Å². The Morgan fingerprint density at radius 2 is 2.18 bits per heavy atom. The minimum atomic E-state index is 0.487. The molecule has 0 unspecified atom stereocenters. The lowest BCUT2D eigenvalue weighted by atomic mass is 10.2. The van der Waals surface area contributed by atoms with Gasteiger partial charge in [-0.3, -0.25) is 4.79 Å². The van der Waals surface area contributed by atoms with Crippen molar-refractivity contribution in [3.8, 4) is 0 Å². The van der Waals surface area contributed by atoms with Crippen LogP contribution in [-0.4, -0.2) is 24.1 Å². The molecule has 90 valence electrons. The van der Waals surface area contributed by atoms with Gasteiger partial charge < -0.3 is 9.30 Å². The molecule has 1 heterocycles. The summed E-state index contributed by atoms with van der Waals surface area (Å²) in [6.07, 6.45) is 0.807. The summed E-state index contributed by atoms with van der Waals surface area (Å²) in [7, 11) is 0. The first-order chi connectivity index (χ1) is 8.29. The molecule has 0 aliphatic rings. The first-order valence-corrected chi connectivity index (χ1v) is 5.97. The highest BCUT2D eigenvalue weighted by molar-refractivity contribution is 6.34. The summed E-state index contributed by atoms with van der Waals surface area (Å²) in [5.74, 6) is 0. The van der Waals surface area contributed by atoms with Crippen LogP contribution in [0.25, 0.3) is 10.9 Å². The van der Waals surface area contributed by atoms with Crippen molar-refractivity contribution in [3.05, 3.63) is 35.0 Å². The molecular formula is C13H14ClNO2. The third kappa shape index (κ3) is 2.21. The predicted molar refractivity (Wildman–Crippen MR) is 68.8 cm³/mol. The number of benzene rings is 1. The minimum absolute atomic E-state index is 0.487. The summed E-state index contributed by atoms with van der Waals surface area (Å²) < 4.78 is 7.23. The Hall–Kier alpha value is -1.32. The number of aromatic nitrogens is 1. The molecule has 17 heavy (non-hydrogen) atoms. The zero-order valence-corrected chi connectivity index (χ0v) is 10.4. The van der Waals surface area contributed by atoms with Crippen LogP contribution in [0, 0.1) is 0 Å². The minimum Gasteiger partial charge on any atom is -0.380 e. The number of para-hydroxylation sites is 1. The van der Waals surface area contributed by atoms with Crippen molar-refractivity contribution in [1.29, 1.82) is 0 Å². The van der Waals surface area contributed by atoms with Crippen molar-refractivity contribution in [2.45, 2.75) is 13.5 Å². The maximum absolute atomic E-state index is 11.1. The number of nitrogens with zero attached hydrogens (tertiary/aromatic N) is 1. The topological polar surface area (TPSA) is 31.2 Å². The van der Waals surface area contributed by atoms with Gasteiger partial charge in [-0.25, -0.2) is 0 Å². The molecule has 2 aromatic rings. The Balaban J connectivity index is 2.46. The fraction of sp³-hybridized carbons (Fsp3) is 0.308. The van der Waals surface area contributed by atoms with Crippen molar-refractivity contribution in [1.82, 2.24) is 4.57 Å². The van der Waals surface area contributed by atoms with Gasteiger partial charge in [-0.05, 0) is 13.0 Å². The highest BCUT2D eigenvalue weighted by Gasteiger charge is 2.13. The van der Waals surface area contributed by atoms with E-state index in [1.54, 1.807) is 0 Å². The van der Waals surface area contributed by atoms with Crippen LogP contribution in [0.2, 0.25) is 5.15 Å². The number of rotatable bonds is 5. The molecule has 0 bridgehead atoms. The van der Waals surface area contributed by atoms with E-state index < -0.39 is 0 Å². The summed E-state index contributed by atoms with van der Waals surface area (Å²) in [6.45, 7) is 3.87. The number of carbonyl (C=O) groups is 1. The molecule has 0 aliphatic carbocycles. The first-order valence-electron chi connectivity index (χ1n) is 5.59. The third-order valence-corrected chi connectivity index (χ3v) is 3.13. The quantitative estimate of drug-likeness (QED) is 0.604. The molecule has 0 amide bonds. The summed E-state index contributed by atoms with van der Waals surface area (Å²) in [4.78, 5) is 11.1. The van der Waals surface area contributed by atoms with Gasteiger partial charge in [0, 0.05) is 24.1 Å². The maximum Gasteiger partial charge on any atom is 0.153 e. The van der Waals surface area contributed by atoms with Gasteiger partial charge in [0.25, 0.3) is 0 Å². The second-order valence-electron chi connectivity index (χ2n) is 3.69. The Morgan fingerprint density at radius 1 is 1.41 bits per heavy atom. The number of aldehydes is 1. The van der Waals surface area contributed by atoms with Crippen LogP contribution in [0.15, 0.2) is 24.3 Å². The molecule has 0 fully saturated rings. The molecular weight excluding hydrogens is 238 g/mol. The molecule has 3 nitrogen and oxygen atoms in total. The average Bonchev–Trinajstić information content (AvgIpc) is 2.62. The zero-order valence-electron chi connectivity index (χ0n) is 9.65. The van der Waals surface area contributed by atoms with E-state index >= 15 is 0 Å². The van der Waals surface area contributed by atoms with Crippen molar-refractivity contribution in [2.75, 3.05) is 13.2 Å². The molecule has 1 aromatic carbocycles. The van der Waals surface area contributed by atoms with Crippen LogP contribution in [0.3, 0.4) is 0 Å². The van der Waals surface area contributed by atoms with Crippen LogP contribution in [0.5, 0.6) is 0 Å². The number of halogens is 1. The van der Waals surface area contributed by atoms with E-state index in [1.807, 2.05) is 35.8 Å². The summed E-state index contributed by atoms with van der Waals surface area (Å²) >= 11 is 6.21. The maximum atomic E-state index is 11.1. The van der Waals surface area contributed by atoms with Gasteiger partial charge in [0.1, 0.15) is 5.15 Å². The number of hydrogen-bond donors (Lipinski definition) is 0. The van der Waals surface area contributed by atoms with Crippen molar-refractivity contribution in [3.63, 3.8) is 0 Å². The number of hydrogen-bond acceptors (Lipinski definition) is 2. The van der Waals surface area contributed by atoms with E-state index in [2.05, 4.69) is 0 Å². The lowest BCUT2D eigenvalue weighted by Crippen LogP contribution is -2.05. The third-order valence-electron chi connectivity index (χ3n) is 2.73. The Labute approximate surface area is 105 Å². The molecule has 0 aliphatic heterocycles. The van der Waals surface area contributed by atoms with E-state index in [0.29, 0.717) is 30.5 Å². The first kappa shape index (κ1) is 12.1. The van der Waals surface area contributed by atoms with Gasteiger partial charge in [0.15, 0.2) is 6.29 Å². The van der Waals surface area contributed by atoms with Crippen LogP contribution in [0.1, 0.15) is 17.3 Å². The van der Waals surface area contributed by atoms with Crippen molar-refractivity contribution >= 4 is 28.8 Å². The fourth-order valence-electron chi connectivity index (χ4n) is 1.93. The highest BCUT2D eigenvalue weighted by Crippen LogP contribution is 2.28. The summed E-state index contributed by atoms with van der Waals surface area (Å²) in [6, 6.07) is 7.70. The van der Waals surface area contributed by atoms with Gasteiger partial charge in [-0.15, -0.1) is 0 Å². The number of ether oxygens (including phenoxy) is 1. The average molecular weight is 252 g/mol. The van der Waals surface area contributed by atoms with E-state index in [1.165, 1.54) is 0 Å². The van der Waals surface area contributed by atoms with Gasteiger partial charge in [-0.1, -0.05) is 29.8 Å². The monoisotopic (exact) mass is 251 g/mol. The SMILES string of the molecule is CCOCCn1c(Cl)c(C=O)c2ccccc21. The Morgan fingerprint density at radius 3 is 2.88 bits per heavy atom. The molecule has 0 N–H and O–H groups in total.